The number of nitriles is 1. The van der Waals surface area contributed by atoms with E-state index in [-0.39, 0.29) is 17.0 Å². The van der Waals surface area contributed by atoms with Crippen molar-refractivity contribution in [2.24, 2.45) is 0 Å². The fourth-order valence-electron chi connectivity index (χ4n) is 2.20. The normalized spacial score (nSPS) is 10.4. The zero-order valence-corrected chi connectivity index (χ0v) is 11.9. The van der Waals surface area contributed by atoms with Gasteiger partial charge in [-0.1, -0.05) is 0 Å². The van der Waals surface area contributed by atoms with E-state index < -0.39 is 17.0 Å². The Morgan fingerprint density at radius 1 is 1.30 bits per heavy atom. The van der Waals surface area contributed by atoms with Crippen molar-refractivity contribution in [3.8, 4) is 29.0 Å². The minimum atomic E-state index is -0.767. The van der Waals surface area contributed by atoms with Gasteiger partial charge in [0.25, 0.3) is 11.1 Å². The highest BCUT2D eigenvalue weighted by Gasteiger charge is 2.17. The minimum absolute atomic E-state index is 0.112. The first-order valence-electron chi connectivity index (χ1n) is 6.48. The zero-order chi connectivity index (χ0) is 16.6. The summed E-state index contributed by atoms with van der Waals surface area (Å²) in [5.74, 6) is -0.125. The van der Waals surface area contributed by atoms with Gasteiger partial charge in [-0.15, -0.1) is 0 Å². The van der Waals surface area contributed by atoms with Crippen LogP contribution in [0.15, 0.2) is 39.9 Å². The summed E-state index contributed by atoms with van der Waals surface area (Å²) in [6.45, 7) is 0. The summed E-state index contributed by atoms with van der Waals surface area (Å²) in [5, 5.41) is 19.0. The van der Waals surface area contributed by atoms with Crippen molar-refractivity contribution in [2.75, 3.05) is 7.11 Å². The lowest BCUT2D eigenvalue weighted by molar-refractivity contribution is 0.415. The fraction of sp³-hybridized carbons (Fsp3) is 0.0667. The molecule has 0 saturated carbocycles. The smallest absolute Gasteiger partial charge is 0.280 e. The summed E-state index contributed by atoms with van der Waals surface area (Å²) in [4.78, 5) is 30.3. The molecule has 2 heterocycles. The maximum Gasteiger partial charge on any atom is 0.280 e. The molecule has 0 amide bonds. The average Bonchev–Trinajstić information content (AvgIpc) is 2.54. The second-order valence-corrected chi connectivity index (χ2v) is 4.63. The molecule has 0 aliphatic carbocycles. The topological polar surface area (TPSA) is 120 Å². The third-order valence-electron chi connectivity index (χ3n) is 3.28. The quantitative estimate of drug-likeness (QED) is 0.716. The van der Waals surface area contributed by atoms with Crippen LogP contribution in [0.3, 0.4) is 0 Å². The molecule has 0 spiro atoms. The second-order valence-electron chi connectivity index (χ2n) is 4.63. The lowest BCUT2D eigenvalue weighted by atomic mass is 10.1. The number of aromatic amines is 1. The molecular weight excluding hydrogens is 300 g/mol. The van der Waals surface area contributed by atoms with Crippen LogP contribution < -0.4 is 15.9 Å². The van der Waals surface area contributed by atoms with Crippen molar-refractivity contribution in [1.29, 1.82) is 5.26 Å². The molecule has 2 N–H and O–H groups in total. The first-order chi connectivity index (χ1) is 11.0. The Morgan fingerprint density at radius 2 is 2.00 bits per heavy atom. The van der Waals surface area contributed by atoms with Gasteiger partial charge in [-0.25, -0.2) is 9.38 Å². The third-order valence-corrected chi connectivity index (χ3v) is 3.28. The van der Waals surface area contributed by atoms with E-state index in [2.05, 4.69) is 9.97 Å². The molecule has 0 bridgehead atoms. The number of hydrogen-bond acceptors (Lipinski definition) is 6. The Kier molecular flexibility index (Phi) is 3.31. The summed E-state index contributed by atoms with van der Waals surface area (Å²) in [7, 11) is 1.52. The number of methoxy groups -OCH3 is 1. The molecule has 1 aromatic carbocycles. The number of fused-ring (bicyclic) bond motifs is 1. The third kappa shape index (κ3) is 2.30. The van der Waals surface area contributed by atoms with E-state index in [4.69, 9.17) is 4.74 Å². The van der Waals surface area contributed by atoms with E-state index in [1.807, 2.05) is 0 Å². The Morgan fingerprint density at radius 3 is 2.61 bits per heavy atom. The van der Waals surface area contributed by atoms with Crippen LogP contribution in [0.4, 0.5) is 0 Å². The van der Waals surface area contributed by atoms with Crippen molar-refractivity contribution in [2.45, 2.75) is 0 Å². The number of benzene rings is 1. The van der Waals surface area contributed by atoms with Gasteiger partial charge in [0.1, 0.15) is 17.4 Å². The Labute approximate surface area is 128 Å². The van der Waals surface area contributed by atoms with E-state index in [1.165, 1.54) is 7.11 Å². The van der Waals surface area contributed by atoms with Crippen LogP contribution in [-0.4, -0.2) is 26.6 Å². The molecule has 0 aliphatic rings. The van der Waals surface area contributed by atoms with E-state index in [0.717, 1.165) is 10.5 Å². The molecule has 23 heavy (non-hydrogen) atoms. The number of ether oxygens (including phenoxy) is 1. The van der Waals surface area contributed by atoms with Crippen molar-refractivity contribution < 1.29 is 9.84 Å². The predicted octanol–water partition coefficient (Wildman–Crippen LogP) is 0.636. The van der Waals surface area contributed by atoms with Crippen LogP contribution in [0.25, 0.3) is 17.0 Å². The van der Waals surface area contributed by atoms with Gasteiger partial charge in [0.05, 0.1) is 18.9 Å². The maximum atomic E-state index is 12.4. The number of rotatable bonds is 2. The summed E-state index contributed by atoms with van der Waals surface area (Å²) in [5.41, 5.74) is -1.00. The molecule has 2 aromatic heterocycles. The van der Waals surface area contributed by atoms with Gasteiger partial charge in [-0.05, 0) is 24.3 Å². The summed E-state index contributed by atoms with van der Waals surface area (Å²) < 4.78 is 5.83. The van der Waals surface area contributed by atoms with Crippen molar-refractivity contribution in [1.82, 2.24) is 14.4 Å². The van der Waals surface area contributed by atoms with Gasteiger partial charge in [0.2, 0.25) is 11.7 Å². The van der Waals surface area contributed by atoms with E-state index in [0.29, 0.717) is 11.3 Å². The molecule has 0 radical (unpaired) electrons. The van der Waals surface area contributed by atoms with Crippen LogP contribution in [0, 0.1) is 11.3 Å². The highest BCUT2D eigenvalue weighted by atomic mass is 16.5. The van der Waals surface area contributed by atoms with Gasteiger partial charge in [0.15, 0.2) is 0 Å². The zero-order valence-electron chi connectivity index (χ0n) is 11.9. The molecule has 0 atom stereocenters. The number of nitrogens with zero attached hydrogens (tertiary/aromatic N) is 3. The van der Waals surface area contributed by atoms with Crippen molar-refractivity contribution >= 4 is 5.78 Å². The van der Waals surface area contributed by atoms with Crippen LogP contribution in [0.5, 0.6) is 11.6 Å². The van der Waals surface area contributed by atoms with Crippen LogP contribution in [0.1, 0.15) is 5.56 Å². The molecule has 3 rings (SSSR count). The molecule has 0 fully saturated rings. The Bertz CT molecular complexity index is 1060. The molecule has 8 heteroatoms. The minimum Gasteiger partial charge on any atom is -0.497 e. The molecule has 3 aromatic rings. The number of hydrogen-bond donors (Lipinski definition) is 2. The average molecular weight is 310 g/mol. The summed E-state index contributed by atoms with van der Waals surface area (Å²) in [6.07, 6.45) is 0. The van der Waals surface area contributed by atoms with Crippen molar-refractivity contribution in [3.63, 3.8) is 0 Å². The Balaban J connectivity index is 2.38. The standard InChI is InChI=1S/C15H10N4O4/c1-23-9-4-2-8(3-5-9)13-10(7-16)14(22)19-12(21)6-11(20)17-15(19)18-13/h2-6,21H,1H3,(H,17,18,20). The first kappa shape index (κ1) is 14.3. The molecule has 0 saturated heterocycles. The Hall–Kier alpha value is -3.60. The molecule has 8 nitrogen and oxygen atoms in total. The number of nitrogens with one attached hydrogen (secondary N) is 1. The highest BCUT2D eigenvalue weighted by Crippen LogP contribution is 2.23. The van der Waals surface area contributed by atoms with Crippen LogP contribution in [0.2, 0.25) is 0 Å². The number of H-pyrrole nitrogens is 1. The largest absolute Gasteiger partial charge is 0.497 e. The molecule has 114 valence electrons. The maximum absolute atomic E-state index is 12.4. The molecule has 0 aliphatic heterocycles. The fourth-order valence-corrected chi connectivity index (χ4v) is 2.20. The highest BCUT2D eigenvalue weighted by molar-refractivity contribution is 5.68. The number of aromatic hydroxyl groups is 1. The van der Waals surface area contributed by atoms with E-state index >= 15 is 0 Å². The van der Waals surface area contributed by atoms with Crippen LogP contribution >= 0.6 is 0 Å². The lowest BCUT2D eigenvalue weighted by Crippen LogP contribution is -2.23. The predicted molar refractivity (Wildman–Crippen MR) is 80.5 cm³/mol. The van der Waals surface area contributed by atoms with Gasteiger partial charge in [-0.3, -0.25) is 14.6 Å². The van der Waals surface area contributed by atoms with Gasteiger partial charge < -0.3 is 9.84 Å². The first-order valence-corrected chi connectivity index (χ1v) is 6.48. The van der Waals surface area contributed by atoms with E-state index in [9.17, 15) is 20.0 Å². The molecular formula is C15H10N4O4. The summed E-state index contributed by atoms with van der Waals surface area (Å²) >= 11 is 0. The monoisotopic (exact) mass is 310 g/mol. The summed E-state index contributed by atoms with van der Waals surface area (Å²) in [6, 6.07) is 9.22. The van der Waals surface area contributed by atoms with Crippen LogP contribution in [-0.2, 0) is 0 Å². The number of aromatic nitrogens is 3. The lowest BCUT2D eigenvalue weighted by Gasteiger charge is -2.08. The molecule has 0 unspecified atom stereocenters. The van der Waals surface area contributed by atoms with Gasteiger partial charge in [-0.2, -0.15) is 5.26 Å². The SMILES string of the molecule is COc1ccc(-c2nc3[nH]c(=O)cc(O)n3c(=O)c2C#N)cc1. The second kappa shape index (κ2) is 5.31. The van der Waals surface area contributed by atoms with Gasteiger partial charge >= 0.3 is 0 Å². The van der Waals surface area contributed by atoms with Gasteiger partial charge in [0, 0.05) is 5.56 Å². The van der Waals surface area contributed by atoms with E-state index in [1.54, 1.807) is 30.3 Å². The van der Waals surface area contributed by atoms with Crippen molar-refractivity contribution in [3.05, 3.63) is 56.6 Å².